The molecule has 2 aromatic heterocycles. The molecule has 1 aliphatic heterocycles. The van der Waals surface area contributed by atoms with Gasteiger partial charge in [-0.1, -0.05) is 18.7 Å². The summed E-state index contributed by atoms with van der Waals surface area (Å²) < 4.78 is 37.2. The van der Waals surface area contributed by atoms with Crippen LogP contribution in [0.25, 0.3) is 11.0 Å². The highest BCUT2D eigenvalue weighted by atomic mass is 32.2. The summed E-state index contributed by atoms with van der Waals surface area (Å²) in [5, 5.41) is 9.61. The van der Waals surface area contributed by atoms with Gasteiger partial charge in [0.05, 0.1) is 34.9 Å². The summed E-state index contributed by atoms with van der Waals surface area (Å²) in [5.74, 6) is 3.19. The molecule has 172 valence electrons. The van der Waals surface area contributed by atoms with Crippen LogP contribution in [0.1, 0.15) is 43.8 Å². The lowest BCUT2D eigenvalue weighted by Crippen LogP contribution is -2.40. The van der Waals surface area contributed by atoms with Gasteiger partial charge in [0, 0.05) is 32.6 Å². The Morgan fingerprint density at radius 1 is 1.19 bits per heavy atom. The Morgan fingerprint density at radius 3 is 2.69 bits per heavy atom. The minimum atomic E-state index is -3.55. The van der Waals surface area contributed by atoms with Crippen LogP contribution in [0.2, 0.25) is 0 Å². The minimum Gasteiger partial charge on any atom is -0.379 e. The number of aromatic nitrogens is 5. The number of hydrogen-bond acceptors (Lipinski definition) is 7. The number of fused-ring (bicyclic) bond motifs is 1. The maximum atomic E-state index is 13.1. The molecule has 0 bridgehead atoms. The van der Waals surface area contributed by atoms with E-state index in [1.54, 1.807) is 23.9 Å². The van der Waals surface area contributed by atoms with Gasteiger partial charge in [-0.15, -0.1) is 10.2 Å². The molecule has 0 radical (unpaired) electrons. The minimum absolute atomic E-state index is 0.287. The first-order valence-electron chi connectivity index (χ1n) is 11.1. The van der Waals surface area contributed by atoms with E-state index in [9.17, 15) is 8.42 Å². The normalized spacial score (nSPS) is 17.9. The van der Waals surface area contributed by atoms with Crippen molar-refractivity contribution in [3.63, 3.8) is 0 Å². The van der Waals surface area contributed by atoms with Crippen LogP contribution in [0.15, 0.2) is 28.3 Å². The van der Waals surface area contributed by atoms with Gasteiger partial charge in [-0.05, 0) is 37.5 Å². The molecule has 1 aromatic carbocycles. The fourth-order valence-corrected chi connectivity index (χ4v) is 6.41. The van der Waals surface area contributed by atoms with Crippen molar-refractivity contribution < 1.29 is 13.2 Å². The molecular weight excluding hydrogens is 448 g/mol. The topological polar surface area (TPSA) is 95.1 Å². The molecule has 5 rings (SSSR count). The van der Waals surface area contributed by atoms with Crippen LogP contribution in [0.4, 0.5) is 0 Å². The first kappa shape index (κ1) is 21.9. The molecule has 1 saturated carbocycles. The third kappa shape index (κ3) is 4.07. The molecule has 0 unspecified atom stereocenters. The Kier molecular flexibility index (Phi) is 5.99. The van der Waals surface area contributed by atoms with E-state index in [1.807, 2.05) is 13.1 Å². The van der Waals surface area contributed by atoms with Gasteiger partial charge in [0.2, 0.25) is 10.0 Å². The number of aryl methyl sites for hydroxylation is 1. The maximum Gasteiger partial charge on any atom is 0.243 e. The molecule has 0 amide bonds. The summed E-state index contributed by atoms with van der Waals surface area (Å²) in [6.07, 6.45) is 3.35. The summed E-state index contributed by atoms with van der Waals surface area (Å²) in [4.78, 5) is 5.11. The number of nitrogens with zero attached hydrogens (tertiary/aromatic N) is 6. The van der Waals surface area contributed by atoms with Crippen LogP contribution < -0.4 is 0 Å². The Hall–Kier alpha value is -1.95. The number of hydrogen-bond donors (Lipinski definition) is 0. The number of ether oxygens (including phenoxy) is 1. The fourth-order valence-electron chi connectivity index (χ4n) is 4.12. The van der Waals surface area contributed by atoms with Crippen LogP contribution >= 0.6 is 11.8 Å². The highest BCUT2D eigenvalue weighted by Crippen LogP contribution is 2.39. The molecule has 1 aliphatic carbocycles. The van der Waals surface area contributed by atoms with Crippen molar-refractivity contribution >= 4 is 32.8 Å². The first-order valence-corrected chi connectivity index (χ1v) is 13.5. The third-order valence-electron chi connectivity index (χ3n) is 6.00. The predicted octanol–water partition coefficient (Wildman–Crippen LogP) is 2.77. The molecule has 1 saturated heterocycles. The van der Waals surface area contributed by atoms with Gasteiger partial charge < -0.3 is 13.9 Å². The average molecular weight is 477 g/mol. The van der Waals surface area contributed by atoms with E-state index in [2.05, 4.69) is 26.3 Å². The average Bonchev–Trinajstić information content (AvgIpc) is 3.50. The molecule has 2 fully saturated rings. The second-order valence-electron chi connectivity index (χ2n) is 8.31. The smallest absolute Gasteiger partial charge is 0.243 e. The van der Waals surface area contributed by atoms with Crippen molar-refractivity contribution in [1.29, 1.82) is 0 Å². The van der Waals surface area contributed by atoms with E-state index in [4.69, 9.17) is 9.72 Å². The molecule has 2 aliphatic rings. The highest BCUT2D eigenvalue weighted by molar-refractivity contribution is 7.98. The zero-order valence-corrected chi connectivity index (χ0v) is 20.0. The lowest BCUT2D eigenvalue weighted by atomic mass is 10.3. The molecule has 3 aromatic rings. The standard InChI is InChI=1S/C21H28N6O3S2/c1-3-8-27-18-7-6-16(32(28,29)26-9-11-30-12-10-26)13-17(18)22-19(27)14-31-21-24-23-20(25(21)2)15-4-5-15/h6-7,13,15H,3-5,8-12,14H2,1-2H3. The molecule has 11 heteroatoms. The lowest BCUT2D eigenvalue weighted by Gasteiger charge is -2.26. The number of morpholine rings is 1. The van der Waals surface area contributed by atoms with Gasteiger partial charge in [0.25, 0.3) is 0 Å². The van der Waals surface area contributed by atoms with E-state index in [-0.39, 0.29) is 4.90 Å². The van der Waals surface area contributed by atoms with Gasteiger partial charge in [-0.3, -0.25) is 0 Å². The second kappa shape index (κ2) is 8.77. The van der Waals surface area contributed by atoms with Crippen LogP contribution in [0, 0.1) is 0 Å². The van der Waals surface area contributed by atoms with Crippen molar-refractivity contribution in [1.82, 2.24) is 28.6 Å². The lowest BCUT2D eigenvalue weighted by molar-refractivity contribution is 0.0730. The summed E-state index contributed by atoms with van der Waals surface area (Å²) >= 11 is 1.62. The Morgan fingerprint density at radius 2 is 1.97 bits per heavy atom. The molecule has 32 heavy (non-hydrogen) atoms. The van der Waals surface area contributed by atoms with Crippen molar-refractivity contribution in [3.8, 4) is 0 Å². The fraction of sp³-hybridized carbons (Fsp3) is 0.571. The summed E-state index contributed by atoms with van der Waals surface area (Å²) in [5.41, 5.74) is 1.67. The molecule has 3 heterocycles. The van der Waals surface area contributed by atoms with Crippen molar-refractivity contribution in [2.24, 2.45) is 7.05 Å². The van der Waals surface area contributed by atoms with Crippen molar-refractivity contribution in [2.45, 2.75) is 54.5 Å². The van der Waals surface area contributed by atoms with Gasteiger partial charge in [-0.25, -0.2) is 13.4 Å². The monoisotopic (exact) mass is 476 g/mol. The van der Waals surface area contributed by atoms with Crippen molar-refractivity contribution in [2.75, 3.05) is 26.3 Å². The van der Waals surface area contributed by atoms with E-state index in [0.717, 1.165) is 35.3 Å². The van der Waals surface area contributed by atoms with Gasteiger partial charge in [0.1, 0.15) is 11.6 Å². The summed E-state index contributed by atoms with van der Waals surface area (Å²) in [6.45, 7) is 4.58. The van der Waals surface area contributed by atoms with Gasteiger partial charge in [0.15, 0.2) is 5.16 Å². The number of imidazole rings is 1. The number of rotatable bonds is 8. The second-order valence-corrected chi connectivity index (χ2v) is 11.2. The highest BCUT2D eigenvalue weighted by Gasteiger charge is 2.30. The van der Waals surface area contributed by atoms with Crippen LogP contribution in [0.3, 0.4) is 0 Å². The number of benzene rings is 1. The Balaban J connectivity index is 1.43. The number of sulfonamides is 1. The molecule has 0 atom stereocenters. The SMILES string of the molecule is CCCn1c(CSc2nnc(C3CC3)n2C)nc2cc(S(=O)(=O)N3CCOCC3)ccc21. The maximum absolute atomic E-state index is 13.1. The van der Waals surface area contributed by atoms with Crippen LogP contribution in [-0.2, 0) is 34.1 Å². The van der Waals surface area contributed by atoms with Gasteiger partial charge >= 0.3 is 0 Å². The summed E-state index contributed by atoms with van der Waals surface area (Å²) in [7, 11) is -1.53. The van der Waals surface area contributed by atoms with E-state index in [0.29, 0.717) is 43.5 Å². The number of thioether (sulfide) groups is 1. The van der Waals surface area contributed by atoms with Crippen LogP contribution in [0.5, 0.6) is 0 Å². The third-order valence-corrected chi connectivity index (χ3v) is 8.91. The largest absolute Gasteiger partial charge is 0.379 e. The van der Waals surface area contributed by atoms with Gasteiger partial charge in [-0.2, -0.15) is 4.31 Å². The Bertz CT molecular complexity index is 1230. The van der Waals surface area contributed by atoms with E-state index in [1.165, 1.54) is 17.1 Å². The molecular formula is C21H28N6O3S2. The zero-order valence-electron chi connectivity index (χ0n) is 18.4. The van der Waals surface area contributed by atoms with E-state index < -0.39 is 10.0 Å². The predicted molar refractivity (Wildman–Crippen MR) is 122 cm³/mol. The Labute approximate surface area is 192 Å². The van der Waals surface area contributed by atoms with E-state index >= 15 is 0 Å². The molecule has 0 N–H and O–H groups in total. The summed E-state index contributed by atoms with van der Waals surface area (Å²) in [6, 6.07) is 5.28. The molecule has 0 spiro atoms. The molecule has 9 nitrogen and oxygen atoms in total. The quantitative estimate of drug-likeness (QED) is 0.461. The van der Waals surface area contributed by atoms with Crippen LogP contribution in [-0.4, -0.2) is 63.3 Å². The van der Waals surface area contributed by atoms with Crippen molar-refractivity contribution in [3.05, 3.63) is 29.8 Å². The zero-order chi connectivity index (χ0) is 22.3. The first-order chi connectivity index (χ1) is 15.5.